The van der Waals surface area contributed by atoms with E-state index >= 15 is 0 Å². The van der Waals surface area contributed by atoms with Crippen LogP contribution in [0, 0.1) is 6.92 Å². The predicted molar refractivity (Wildman–Crippen MR) is 127 cm³/mol. The number of piperazine rings is 1. The maximum Gasteiger partial charge on any atom is 0.405 e. The second kappa shape index (κ2) is 10.9. The highest BCUT2D eigenvalue weighted by atomic mass is 19.4. The van der Waals surface area contributed by atoms with Crippen LogP contribution in [0.1, 0.15) is 5.56 Å². The van der Waals surface area contributed by atoms with Gasteiger partial charge in [0.15, 0.2) is 0 Å². The van der Waals surface area contributed by atoms with Gasteiger partial charge in [0.25, 0.3) is 0 Å². The third kappa shape index (κ3) is 6.82. The summed E-state index contributed by atoms with van der Waals surface area (Å²) >= 11 is 0. The summed E-state index contributed by atoms with van der Waals surface area (Å²) in [6.07, 6.45) is -1.34. The number of halogens is 5. The lowest BCUT2D eigenvalue weighted by Gasteiger charge is -2.34. The Bertz CT molecular complexity index is 1220. The summed E-state index contributed by atoms with van der Waals surface area (Å²) in [5.74, 6) is 0.301. The van der Waals surface area contributed by atoms with E-state index in [0.717, 1.165) is 10.5 Å². The molecule has 1 saturated heterocycles. The first-order valence-electron chi connectivity index (χ1n) is 11.2. The van der Waals surface area contributed by atoms with E-state index in [1.54, 1.807) is 49.6 Å². The summed E-state index contributed by atoms with van der Waals surface area (Å²) in [6, 6.07) is 8.77. The fraction of sp³-hybridized carbons (Fsp3) is 0.292. The molecule has 4 rings (SSSR count). The summed E-state index contributed by atoms with van der Waals surface area (Å²) < 4.78 is 68.1. The van der Waals surface area contributed by atoms with Crippen LogP contribution in [-0.2, 0) is 0 Å². The molecule has 1 aliphatic heterocycles. The number of carbonyl (C=O) groups is 1. The lowest BCUT2D eigenvalue weighted by molar-refractivity contribution is -0.162. The van der Waals surface area contributed by atoms with Crippen LogP contribution in [0.15, 0.2) is 54.9 Å². The van der Waals surface area contributed by atoms with Gasteiger partial charge >= 0.3 is 18.8 Å². The van der Waals surface area contributed by atoms with Gasteiger partial charge in [-0.2, -0.15) is 22.0 Å². The third-order valence-corrected chi connectivity index (χ3v) is 5.66. The Kier molecular flexibility index (Phi) is 7.71. The lowest BCUT2D eigenvalue weighted by atomic mass is 10.1. The molecule has 8 nitrogen and oxygen atoms in total. The quantitative estimate of drug-likeness (QED) is 0.387. The standard InChI is InChI=1S/C24H23F5N6O2/c1-14-2-5-17(10-19(14)34-23(36)35-9-8-30-20(13-35)24(27,28)29)33-22-31-11-16(12-32-22)15-3-6-18(7-4-15)37-21(25)26/h2-7,10-12,20-21,30H,8-9,13H2,1H3,(H,34,36)(H,31,32,33). The number of nitrogens with one attached hydrogen (secondary N) is 3. The van der Waals surface area contributed by atoms with Gasteiger partial charge in [-0.3, -0.25) is 0 Å². The molecule has 3 aromatic rings. The first kappa shape index (κ1) is 26.1. The van der Waals surface area contributed by atoms with E-state index in [1.165, 1.54) is 12.1 Å². The van der Waals surface area contributed by atoms with Crippen LogP contribution in [0.2, 0.25) is 0 Å². The first-order valence-corrected chi connectivity index (χ1v) is 11.2. The van der Waals surface area contributed by atoms with Gasteiger partial charge in [-0.15, -0.1) is 0 Å². The zero-order chi connectivity index (χ0) is 26.6. The van der Waals surface area contributed by atoms with Crippen LogP contribution >= 0.6 is 0 Å². The Morgan fingerprint density at radius 3 is 2.46 bits per heavy atom. The molecule has 1 aliphatic rings. The van der Waals surface area contributed by atoms with Gasteiger partial charge in [-0.05, 0) is 42.3 Å². The maximum atomic E-state index is 13.0. The van der Waals surface area contributed by atoms with Crippen LogP contribution in [0.5, 0.6) is 5.75 Å². The summed E-state index contributed by atoms with van der Waals surface area (Å²) in [4.78, 5) is 22.3. The number of benzene rings is 2. The highest BCUT2D eigenvalue weighted by molar-refractivity contribution is 5.91. The molecule has 0 bridgehead atoms. The Morgan fingerprint density at radius 2 is 1.81 bits per heavy atom. The van der Waals surface area contributed by atoms with E-state index < -0.39 is 31.4 Å². The van der Waals surface area contributed by atoms with Crippen LogP contribution in [-0.4, -0.2) is 59.4 Å². The van der Waals surface area contributed by atoms with Gasteiger partial charge in [0, 0.05) is 49.0 Å². The number of nitrogens with zero attached hydrogens (tertiary/aromatic N) is 3. The molecule has 0 saturated carbocycles. The monoisotopic (exact) mass is 522 g/mol. The van der Waals surface area contributed by atoms with Crippen molar-refractivity contribution in [1.82, 2.24) is 20.2 Å². The Hall–Kier alpha value is -4.00. The van der Waals surface area contributed by atoms with Gasteiger partial charge in [-0.1, -0.05) is 18.2 Å². The number of hydrogen-bond donors (Lipinski definition) is 3. The largest absolute Gasteiger partial charge is 0.435 e. The first-order chi connectivity index (χ1) is 17.6. The van der Waals surface area contributed by atoms with Gasteiger partial charge in [0.1, 0.15) is 11.8 Å². The maximum absolute atomic E-state index is 13.0. The number of amides is 2. The van der Waals surface area contributed by atoms with E-state index in [0.29, 0.717) is 22.5 Å². The second-order valence-electron chi connectivity index (χ2n) is 8.28. The predicted octanol–water partition coefficient (Wildman–Crippen LogP) is 5.17. The molecule has 2 amide bonds. The molecule has 1 unspecified atom stereocenters. The molecule has 0 aliphatic carbocycles. The molecule has 1 aromatic heterocycles. The van der Waals surface area contributed by atoms with Crippen molar-refractivity contribution in [3.05, 3.63) is 60.4 Å². The summed E-state index contributed by atoms with van der Waals surface area (Å²) in [5, 5.41) is 8.07. The van der Waals surface area contributed by atoms with E-state index in [1.807, 2.05) is 0 Å². The van der Waals surface area contributed by atoms with Crippen molar-refractivity contribution in [2.45, 2.75) is 25.8 Å². The number of rotatable bonds is 6. The van der Waals surface area contributed by atoms with Gasteiger partial charge in [-0.25, -0.2) is 14.8 Å². The fourth-order valence-corrected chi connectivity index (χ4v) is 3.68. The number of carbonyl (C=O) groups excluding carboxylic acids is 1. The molecule has 1 fully saturated rings. The van der Waals surface area contributed by atoms with Crippen molar-refractivity contribution in [1.29, 1.82) is 0 Å². The van der Waals surface area contributed by atoms with Gasteiger partial charge in [0.05, 0.1) is 0 Å². The number of anilines is 3. The number of hydrogen-bond acceptors (Lipinski definition) is 6. The molecule has 0 radical (unpaired) electrons. The minimum Gasteiger partial charge on any atom is -0.435 e. The number of urea groups is 1. The molecule has 2 aromatic carbocycles. The Morgan fingerprint density at radius 1 is 1.11 bits per heavy atom. The van der Waals surface area contributed by atoms with Crippen molar-refractivity contribution in [2.75, 3.05) is 30.3 Å². The van der Waals surface area contributed by atoms with Crippen LogP contribution in [0.4, 0.5) is 44.1 Å². The fourth-order valence-electron chi connectivity index (χ4n) is 3.68. The normalized spacial score (nSPS) is 16.0. The zero-order valence-corrected chi connectivity index (χ0v) is 19.5. The number of aryl methyl sites for hydroxylation is 1. The Labute approximate surface area is 208 Å². The van der Waals surface area contributed by atoms with Crippen LogP contribution in [0.3, 0.4) is 0 Å². The molecule has 196 valence electrons. The topological polar surface area (TPSA) is 91.4 Å². The van der Waals surface area contributed by atoms with Crippen molar-refractivity contribution in [3.63, 3.8) is 0 Å². The highest BCUT2D eigenvalue weighted by Gasteiger charge is 2.42. The summed E-state index contributed by atoms with van der Waals surface area (Å²) in [6.45, 7) is -1.43. The molecular formula is C24H23F5N6O2. The molecule has 13 heteroatoms. The number of aromatic nitrogens is 2. The Balaban J connectivity index is 1.40. The SMILES string of the molecule is Cc1ccc(Nc2ncc(-c3ccc(OC(F)F)cc3)cn2)cc1NC(=O)N1CCNC(C(F)(F)F)C1. The van der Waals surface area contributed by atoms with Crippen LogP contribution < -0.4 is 20.7 Å². The average molecular weight is 522 g/mol. The van der Waals surface area contributed by atoms with E-state index in [-0.39, 0.29) is 24.8 Å². The minimum atomic E-state index is -4.44. The summed E-state index contributed by atoms with van der Waals surface area (Å²) in [7, 11) is 0. The zero-order valence-electron chi connectivity index (χ0n) is 19.5. The van der Waals surface area contributed by atoms with Crippen molar-refractivity contribution in [3.8, 4) is 16.9 Å². The van der Waals surface area contributed by atoms with Gasteiger partial charge < -0.3 is 25.6 Å². The molecule has 1 atom stereocenters. The molecule has 3 N–H and O–H groups in total. The third-order valence-electron chi connectivity index (χ3n) is 5.66. The van der Waals surface area contributed by atoms with E-state index in [4.69, 9.17) is 0 Å². The highest BCUT2D eigenvalue weighted by Crippen LogP contribution is 2.26. The number of ether oxygens (including phenoxy) is 1. The van der Waals surface area contributed by atoms with E-state index in [2.05, 4.69) is 30.7 Å². The molecular weight excluding hydrogens is 499 g/mol. The number of alkyl halides is 5. The molecule has 2 heterocycles. The lowest BCUT2D eigenvalue weighted by Crippen LogP contribution is -2.58. The second-order valence-corrected chi connectivity index (χ2v) is 8.28. The summed E-state index contributed by atoms with van der Waals surface area (Å²) in [5.41, 5.74) is 3.06. The average Bonchev–Trinajstić information content (AvgIpc) is 2.86. The van der Waals surface area contributed by atoms with Crippen molar-refractivity contribution in [2.24, 2.45) is 0 Å². The van der Waals surface area contributed by atoms with Crippen molar-refractivity contribution >= 4 is 23.4 Å². The minimum absolute atomic E-state index is 0.0392. The molecule has 0 spiro atoms. The smallest absolute Gasteiger partial charge is 0.405 e. The molecule has 37 heavy (non-hydrogen) atoms. The van der Waals surface area contributed by atoms with Crippen molar-refractivity contribution < 1.29 is 31.5 Å². The van der Waals surface area contributed by atoms with Crippen LogP contribution in [0.25, 0.3) is 11.1 Å². The van der Waals surface area contributed by atoms with Gasteiger partial charge in [0.2, 0.25) is 5.95 Å². The van der Waals surface area contributed by atoms with E-state index in [9.17, 15) is 26.7 Å².